The Kier molecular flexibility index (Phi) is 5.15. The van der Waals surface area contributed by atoms with E-state index in [9.17, 15) is 4.79 Å². The van der Waals surface area contributed by atoms with Crippen LogP contribution in [0.5, 0.6) is 0 Å². The molecule has 0 aromatic heterocycles. The SMILES string of the molecule is CC(C)(C)Cc1cccc2c1N(C(C)(C)C)[C@H](C(=O)NCC1=CCN=N1)C2. The average Bonchev–Trinajstić information content (AvgIpc) is 3.18. The van der Waals surface area contributed by atoms with E-state index in [1.54, 1.807) is 0 Å². The van der Waals surface area contributed by atoms with E-state index in [-0.39, 0.29) is 22.9 Å². The Bertz CT molecular complexity index is 780. The summed E-state index contributed by atoms with van der Waals surface area (Å²) in [6, 6.07) is 6.32. The first-order valence-electron chi connectivity index (χ1n) is 9.81. The predicted octanol–water partition coefficient (Wildman–Crippen LogP) is 4.27. The first-order chi connectivity index (χ1) is 12.6. The predicted molar refractivity (Wildman–Crippen MR) is 110 cm³/mol. The summed E-state index contributed by atoms with van der Waals surface area (Å²) >= 11 is 0. The first-order valence-corrected chi connectivity index (χ1v) is 9.81. The van der Waals surface area contributed by atoms with Crippen molar-refractivity contribution >= 4 is 11.6 Å². The van der Waals surface area contributed by atoms with E-state index >= 15 is 0 Å². The monoisotopic (exact) mass is 368 g/mol. The van der Waals surface area contributed by atoms with Gasteiger partial charge < -0.3 is 10.2 Å². The first kappa shape index (κ1) is 19.6. The van der Waals surface area contributed by atoms with E-state index in [2.05, 4.69) is 80.2 Å². The number of carbonyl (C=O) groups is 1. The summed E-state index contributed by atoms with van der Waals surface area (Å²) in [5.41, 5.74) is 4.74. The van der Waals surface area contributed by atoms with Crippen LogP contribution < -0.4 is 10.2 Å². The Morgan fingerprint density at radius 2 is 1.96 bits per heavy atom. The standard InChI is InChI=1S/C22H32N4O/c1-21(2,3)13-16-9-7-8-15-12-18(26(19(15)16)22(4,5)6)20(27)23-14-17-10-11-24-25-17/h7-10,18H,11-14H2,1-6H3,(H,23,27)/t18-/m0/s1. The number of azo groups is 1. The lowest BCUT2D eigenvalue weighted by molar-refractivity contribution is -0.122. The molecule has 2 aliphatic heterocycles. The van der Waals surface area contributed by atoms with E-state index in [1.165, 1.54) is 16.8 Å². The van der Waals surface area contributed by atoms with Gasteiger partial charge in [0.2, 0.25) is 5.91 Å². The number of nitrogens with zero attached hydrogens (tertiary/aromatic N) is 3. The third-order valence-corrected chi connectivity index (χ3v) is 4.97. The highest BCUT2D eigenvalue weighted by atomic mass is 16.2. The smallest absolute Gasteiger partial charge is 0.243 e. The van der Waals surface area contributed by atoms with Crippen molar-refractivity contribution < 1.29 is 4.79 Å². The molecule has 2 heterocycles. The van der Waals surface area contributed by atoms with Crippen LogP contribution in [0.25, 0.3) is 0 Å². The number of fused-ring (bicyclic) bond motifs is 1. The topological polar surface area (TPSA) is 57.1 Å². The van der Waals surface area contributed by atoms with Gasteiger partial charge in [-0.25, -0.2) is 0 Å². The average molecular weight is 369 g/mol. The molecule has 5 nitrogen and oxygen atoms in total. The number of nitrogens with one attached hydrogen (secondary N) is 1. The van der Waals surface area contributed by atoms with Crippen LogP contribution >= 0.6 is 0 Å². The van der Waals surface area contributed by atoms with Crippen LogP contribution in [0.4, 0.5) is 5.69 Å². The van der Waals surface area contributed by atoms with E-state index < -0.39 is 0 Å². The minimum atomic E-state index is -0.194. The molecule has 1 aromatic rings. The lowest BCUT2D eigenvalue weighted by Crippen LogP contribution is -2.53. The zero-order chi connectivity index (χ0) is 19.8. The Morgan fingerprint density at radius 1 is 1.22 bits per heavy atom. The second-order valence-corrected chi connectivity index (χ2v) is 9.76. The van der Waals surface area contributed by atoms with Gasteiger partial charge in [-0.05, 0) is 49.8 Å². The molecule has 1 amide bonds. The summed E-state index contributed by atoms with van der Waals surface area (Å²) in [5.74, 6) is 0.0610. The molecule has 0 aliphatic carbocycles. The van der Waals surface area contributed by atoms with Gasteiger partial charge in [0.1, 0.15) is 6.04 Å². The summed E-state index contributed by atoms with van der Waals surface area (Å²) in [6.07, 6.45) is 3.69. The van der Waals surface area contributed by atoms with Gasteiger partial charge >= 0.3 is 0 Å². The van der Waals surface area contributed by atoms with Gasteiger partial charge in [-0.3, -0.25) is 4.79 Å². The van der Waals surface area contributed by atoms with Crippen molar-refractivity contribution in [2.45, 2.75) is 66.0 Å². The Morgan fingerprint density at radius 3 is 2.56 bits per heavy atom. The van der Waals surface area contributed by atoms with Crippen molar-refractivity contribution in [3.8, 4) is 0 Å². The quantitative estimate of drug-likeness (QED) is 0.863. The summed E-state index contributed by atoms with van der Waals surface area (Å²) in [4.78, 5) is 15.4. The molecule has 2 aliphatic rings. The van der Waals surface area contributed by atoms with Crippen LogP contribution in [0.15, 0.2) is 40.2 Å². The van der Waals surface area contributed by atoms with Gasteiger partial charge in [0.15, 0.2) is 0 Å². The summed E-state index contributed by atoms with van der Waals surface area (Å²) < 4.78 is 0. The van der Waals surface area contributed by atoms with Gasteiger partial charge in [0, 0.05) is 17.6 Å². The van der Waals surface area contributed by atoms with Crippen molar-refractivity contribution in [2.24, 2.45) is 15.6 Å². The van der Waals surface area contributed by atoms with E-state index in [0.717, 1.165) is 18.5 Å². The second-order valence-electron chi connectivity index (χ2n) is 9.76. The number of anilines is 1. The van der Waals surface area contributed by atoms with Gasteiger partial charge in [-0.15, -0.1) is 0 Å². The third-order valence-electron chi connectivity index (χ3n) is 4.97. The molecule has 1 aromatic carbocycles. The van der Waals surface area contributed by atoms with Crippen LogP contribution in [-0.4, -0.2) is 30.6 Å². The second kappa shape index (κ2) is 7.10. The number of hydrogen-bond donors (Lipinski definition) is 1. The fourth-order valence-electron chi connectivity index (χ4n) is 4.02. The molecule has 0 saturated heterocycles. The number of amides is 1. The normalized spacial score (nSPS) is 19.3. The maximum Gasteiger partial charge on any atom is 0.243 e. The summed E-state index contributed by atoms with van der Waals surface area (Å²) in [5, 5.41) is 11.1. The van der Waals surface area contributed by atoms with Crippen LogP contribution in [0, 0.1) is 5.41 Å². The minimum Gasteiger partial charge on any atom is -0.354 e. The van der Waals surface area contributed by atoms with Crippen molar-refractivity contribution in [3.05, 3.63) is 41.1 Å². The lowest BCUT2D eigenvalue weighted by atomic mass is 9.86. The molecule has 27 heavy (non-hydrogen) atoms. The lowest BCUT2D eigenvalue weighted by Gasteiger charge is -2.40. The summed E-state index contributed by atoms with van der Waals surface area (Å²) in [7, 11) is 0. The number of rotatable bonds is 4. The molecule has 0 spiro atoms. The zero-order valence-electron chi connectivity index (χ0n) is 17.5. The molecule has 0 radical (unpaired) electrons. The third kappa shape index (κ3) is 4.40. The van der Waals surface area contributed by atoms with Crippen molar-refractivity contribution in [1.29, 1.82) is 0 Å². The van der Waals surface area contributed by atoms with Crippen LogP contribution in [0.3, 0.4) is 0 Å². The molecule has 1 N–H and O–H groups in total. The largest absolute Gasteiger partial charge is 0.354 e. The highest BCUT2D eigenvalue weighted by molar-refractivity contribution is 5.89. The molecule has 0 saturated carbocycles. The van der Waals surface area contributed by atoms with E-state index in [0.29, 0.717) is 13.1 Å². The number of para-hydroxylation sites is 1. The molecule has 5 heteroatoms. The molecule has 0 fully saturated rings. The van der Waals surface area contributed by atoms with E-state index in [1.807, 2.05) is 6.08 Å². The molecule has 0 bridgehead atoms. The molecular weight excluding hydrogens is 336 g/mol. The van der Waals surface area contributed by atoms with Crippen molar-refractivity contribution in [2.75, 3.05) is 18.0 Å². The number of carbonyl (C=O) groups excluding carboxylic acids is 1. The fourth-order valence-corrected chi connectivity index (χ4v) is 4.02. The molecule has 146 valence electrons. The highest BCUT2D eigenvalue weighted by Crippen LogP contribution is 2.42. The highest BCUT2D eigenvalue weighted by Gasteiger charge is 2.41. The van der Waals surface area contributed by atoms with Crippen LogP contribution in [-0.2, 0) is 17.6 Å². The molecule has 3 rings (SSSR count). The van der Waals surface area contributed by atoms with Crippen molar-refractivity contribution in [3.63, 3.8) is 0 Å². The Hall–Kier alpha value is -2.17. The Labute approximate surface area is 162 Å². The van der Waals surface area contributed by atoms with E-state index in [4.69, 9.17) is 0 Å². The molecule has 0 unspecified atom stereocenters. The number of hydrogen-bond acceptors (Lipinski definition) is 4. The Balaban J connectivity index is 1.88. The van der Waals surface area contributed by atoms with Gasteiger partial charge in [0.05, 0.1) is 18.8 Å². The molecule has 1 atom stereocenters. The summed E-state index contributed by atoms with van der Waals surface area (Å²) in [6.45, 7) is 14.4. The van der Waals surface area contributed by atoms with Crippen LogP contribution in [0.2, 0.25) is 0 Å². The van der Waals surface area contributed by atoms with Gasteiger partial charge in [-0.2, -0.15) is 10.2 Å². The number of benzene rings is 1. The zero-order valence-corrected chi connectivity index (χ0v) is 17.5. The van der Waals surface area contributed by atoms with Crippen LogP contribution in [0.1, 0.15) is 52.7 Å². The molecular formula is C22H32N4O. The van der Waals surface area contributed by atoms with Gasteiger partial charge in [0.25, 0.3) is 0 Å². The maximum atomic E-state index is 13.1. The van der Waals surface area contributed by atoms with Crippen molar-refractivity contribution in [1.82, 2.24) is 5.32 Å². The maximum absolute atomic E-state index is 13.1. The fraction of sp³-hybridized carbons (Fsp3) is 0.591. The van der Waals surface area contributed by atoms with Gasteiger partial charge in [-0.1, -0.05) is 39.0 Å². The minimum absolute atomic E-state index is 0.0610.